The number of fused-ring (bicyclic) bond motifs is 1. The number of hydrogen-bond acceptors (Lipinski definition) is 4. The topological polar surface area (TPSA) is 42.7 Å². The molecule has 20 heavy (non-hydrogen) atoms. The molecule has 0 bridgehead atoms. The van der Waals surface area contributed by atoms with Gasteiger partial charge in [0, 0.05) is 11.7 Å². The van der Waals surface area contributed by atoms with Crippen LogP contribution in [0.1, 0.15) is 24.2 Å². The minimum Gasteiger partial charge on any atom is -0.305 e. The molecule has 0 amide bonds. The van der Waals surface area contributed by atoms with Gasteiger partial charge in [-0.2, -0.15) is 0 Å². The zero-order valence-electron chi connectivity index (χ0n) is 11.3. The fourth-order valence-electron chi connectivity index (χ4n) is 2.43. The normalized spacial score (nSPS) is 12.9. The molecular formula is C14H15BrN4S. The van der Waals surface area contributed by atoms with Gasteiger partial charge in [-0.05, 0) is 44.9 Å². The number of aromatic nitrogens is 3. The second kappa shape index (κ2) is 5.63. The highest BCUT2D eigenvalue weighted by Gasteiger charge is 2.23. The van der Waals surface area contributed by atoms with Crippen molar-refractivity contribution in [1.29, 1.82) is 0 Å². The van der Waals surface area contributed by atoms with E-state index in [2.05, 4.69) is 68.1 Å². The molecule has 0 aliphatic rings. The van der Waals surface area contributed by atoms with Gasteiger partial charge in [-0.1, -0.05) is 30.3 Å². The average Bonchev–Trinajstić information content (AvgIpc) is 3.01. The van der Waals surface area contributed by atoms with Crippen molar-refractivity contribution in [3.8, 4) is 0 Å². The summed E-state index contributed by atoms with van der Waals surface area (Å²) < 4.78 is 3.92. The van der Waals surface area contributed by atoms with Crippen LogP contribution in [0.5, 0.6) is 0 Å². The van der Waals surface area contributed by atoms with Crippen LogP contribution in [0.4, 0.5) is 0 Å². The Bertz CT molecular complexity index is 714. The monoisotopic (exact) mass is 350 g/mol. The first kappa shape index (κ1) is 13.7. The van der Waals surface area contributed by atoms with Gasteiger partial charge >= 0.3 is 0 Å². The maximum Gasteiger partial charge on any atom is 0.153 e. The fraction of sp³-hybridized carbons (Fsp3) is 0.286. The van der Waals surface area contributed by atoms with Gasteiger partial charge in [0.2, 0.25) is 0 Å². The highest BCUT2D eigenvalue weighted by atomic mass is 79.9. The quantitative estimate of drug-likeness (QED) is 0.783. The standard InChI is InChI=1S/C14H15BrN4S/c1-3-16-12(13-14(15)17-18-19(13)2)10-8-20-11-7-5-4-6-9(10)11/h4-8,12,16H,3H2,1-2H3. The highest BCUT2D eigenvalue weighted by Crippen LogP contribution is 2.35. The lowest BCUT2D eigenvalue weighted by Gasteiger charge is -2.18. The summed E-state index contributed by atoms with van der Waals surface area (Å²) in [6, 6.07) is 8.57. The number of nitrogens with zero attached hydrogens (tertiary/aromatic N) is 3. The van der Waals surface area contributed by atoms with E-state index in [-0.39, 0.29) is 6.04 Å². The van der Waals surface area contributed by atoms with Crippen LogP contribution in [0.3, 0.4) is 0 Å². The maximum absolute atomic E-state index is 4.10. The van der Waals surface area contributed by atoms with E-state index in [9.17, 15) is 0 Å². The molecule has 0 radical (unpaired) electrons. The Kier molecular flexibility index (Phi) is 3.87. The van der Waals surface area contributed by atoms with Crippen molar-refractivity contribution in [3.05, 3.63) is 45.5 Å². The largest absolute Gasteiger partial charge is 0.305 e. The van der Waals surface area contributed by atoms with E-state index in [4.69, 9.17) is 0 Å². The summed E-state index contributed by atoms with van der Waals surface area (Å²) in [5.41, 5.74) is 2.33. The number of hydrogen-bond donors (Lipinski definition) is 1. The van der Waals surface area contributed by atoms with E-state index in [1.54, 1.807) is 11.3 Å². The average molecular weight is 351 g/mol. The molecule has 2 heterocycles. The van der Waals surface area contributed by atoms with Crippen LogP contribution in [0, 0.1) is 0 Å². The summed E-state index contributed by atoms with van der Waals surface area (Å²) in [7, 11) is 1.92. The second-order valence-electron chi connectivity index (χ2n) is 4.57. The number of benzene rings is 1. The lowest BCUT2D eigenvalue weighted by Crippen LogP contribution is -2.24. The van der Waals surface area contributed by atoms with E-state index >= 15 is 0 Å². The Morgan fingerprint density at radius 3 is 2.90 bits per heavy atom. The van der Waals surface area contributed by atoms with Crippen LogP contribution in [0.15, 0.2) is 34.2 Å². The second-order valence-corrected chi connectivity index (χ2v) is 6.23. The number of nitrogens with one attached hydrogen (secondary N) is 1. The Labute approximate surface area is 129 Å². The van der Waals surface area contributed by atoms with Gasteiger partial charge in [0.15, 0.2) is 4.60 Å². The van der Waals surface area contributed by atoms with E-state index in [1.807, 2.05) is 11.7 Å². The van der Waals surface area contributed by atoms with Crippen LogP contribution < -0.4 is 5.32 Å². The van der Waals surface area contributed by atoms with Gasteiger partial charge in [0.05, 0.1) is 11.7 Å². The minimum atomic E-state index is 0.0884. The molecule has 0 saturated heterocycles. The smallest absolute Gasteiger partial charge is 0.153 e. The van der Waals surface area contributed by atoms with E-state index in [0.29, 0.717) is 0 Å². The summed E-state index contributed by atoms with van der Waals surface area (Å²) >= 11 is 5.28. The molecule has 2 aromatic heterocycles. The SMILES string of the molecule is CCNC(c1csc2ccccc12)c1c(Br)nnn1C. The summed E-state index contributed by atoms with van der Waals surface area (Å²) in [5, 5.41) is 15.2. The van der Waals surface area contributed by atoms with E-state index < -0.39 is 0 Å². The first-order valence-corrected chi connectivity index (χ1v) is 8.14. The van der Waals surface area contributed by atoms with Gasteiger partial charge in [0.25, 0.3) is 0 Å². The Morgan fingerprint density at radius 2 is 2.20 bits per heavy atom. The van der Waals surface area contributed by atoms with Crippen molar-refractivity contribution in [2.75, 3.05) is 6.54 Å². The lowest BCUT2D eigenvalue weighted by atomic mass is 10.0. The van der Waals surface area contributed by atoms with Crippen molar-refractivity contribution in [1.82, 2.24) is 20.3 Å². The number of aryl methyl sites for hydroxylation is 1. The van der Waals surface area contributed by atoms with Crippen molar-refractivity contribution in [2.24, 2.45) is 7.05 Å². The summed E-state index contributed by atoms with van der Waals surface area (Å²) in [6.07, 6.45) is 0. The Hall–Kier alpha value is -1.24. The molecule has 0 aliphatic carbocycles. The van der Waals surface area contributed by atoms with Gasteiger partial charge in [-0.15, -0.1) is 16.4 Å². The molecule has 1 atom stereocenters. The molecule has 0 saturated carbocycles. The van der Waals surface area contributed by atoms with Gasteiger partial charge in [-0.3, -0.25) is 0 Å². The molecule has 104 valence electrons. The molecule has 1 aromatic carbocycles. The van der Waals surface area contributed by atoms with Crippen molar-refractivity contribution in [3.63, 3.8) is 0 Å². The molecule has 1 unspecified atom stereocenters. The molecule has 0 fully saturated rings. The molecule has 0 aliphatic heterocycles. The predicted molar refractivity (Wildman–Crippen MR) is 86.0 cm³/mol. The van der Waals surface area contributed by atoms with Gasteiger partial charge < -0.3 is 5.32 Å². The fourth-order valence-corrected chi connectivity index (χ4v) is 3.97. The Balaban J connectivity index is 2.16. The van der Waals surface area contributed by atoms with E-state index in [0.717, 1.165) is 16.8 Å². The summed E-state index contributed by atoms with van der Waals surface area (Å²) in [6.45, 7) is 2.99. The van der Waals surface area contributed by atoms with Crippen LogP contribution >= 0.6 is 27.3 Å². The molecule has 6 heteroatoms. The van der Waals surface area contributed by atoms with Crippen LogP contribution in [-0.2, 0) is 7.05 Å². The molecule has 3 rings (SSSR count). The van der Waals surface area contributed by atoms with Crippen molar-refractivity contribution >= 4 is 37.4 Å². The third kappa shape index (κ3) is 2.28. The first-order valence-electron chi connectivity index (χ1n) is 6.47. The van der Waals surface area contributed by atoms with Crippen LogP contribution in [0.2, 0.25) is 0 Å². The van der Waals surface area contributed by atoms with Crippen LogP contribution in [0.25, 0.3) is 10.1 Å². The van der Waals surface area contributed by atoms with Gasteiger partial charge in [0.1, 0.15) is 0 Å². The number of halogens is 1. The molecule has 3 aromatic rings. The van der Waals surface area contributed by atoms with E-state index in [1.165, 1.54) is 15.6 Å². The number of thiophene rings is 1. The molecule has 0 spiro atoms. The third-order valence-corrected chi connectivity index (χ3v) is 4.88. The van der Waals surface area contributed by atoms with Crippen molar-refractivity contribution < 1.29 is 0 Å². The predicted octanol–water partition coefficient (Wildman–Crippen LogP) is 3.49. The minimum absolute atomic E-state index is 0.0884. The first-order chi connectivity index (χ1) is 9.72. The maximum atomic E-state index is 4.10. The Morgan fingerprint density at radius 1 is 1.40 bits per heavy atom. The zero-order chi connectivity index (χ0) is 14.1. The summed E-state index contributed by atoms with van der Waals surface area (Å²) in [5.74, 6) is 0. The van der Waals surface area contributed by atoms with Crippen molar-refractivity contribution in [2.45, 2.75) is 13.0 Å². The zero-order valence-corrected chi connectivity index (χ0v) is 13.7. The van der Waals surface area contributed by atoms with Crippen LogP contribution in [-0.4, -0.2) is 21.5 Å². The van der Waals surface area contributed by atoms with Gasteiger partial charge in [-0.25, -0.2) is 4.68 Å². The highest BCUT2D eigenvalue weighted by molar-refractivity contribution is 9.10. The molecule has 4 nitrogen and oxygen atoms in total. The molecule has 1 N–H and O–H groups in total. The third-order valence-electron chi connectivity index (χ3n) is 3.33. The molecular weight excluding hydrogens is 336 g/mol. The number of rotatable bonds is 4. The lowest BCUT2D eigenvalue weighted by molar-refractivity contribution is 0.570. The summed E-state index contributed by atoms with van der Waals surface area (Å²) in [4.78, 5) is 0.